The van der Waals surface area contributed by atoms with Crippen LogP contribution in [0.5, 0.6) is 5.75 Å². The maximum atomic E-state index is 11.1. The summed E-state index contributed by atoms with van der Waals surface area (Å²) in [5.41, 5.74) is 5.17. The predicted octanol–water partition coefficient (Wildman–Crippen LogP) is 8.59. The summed E-state index contributed by atoms with van der Waals surface area (Å²) in [6.45, 7) is 0. The quantitative estimate of drug-likeness (QED) is 0.304. The van der Waals surface area contributed by atoms with E-state index in [1.165, 1.54) is 34.9 Å². The lowest BCUT2D eigenvalue weighted by molar-refractivity contribution is 0.420. The molecule has 1 N–H and O–H groups in total. The molecular formula is C28H20O2S. The average Bonchev–Trinajstić information content (AvgIpc) is 3.30. The molecule has 0 saturated heterocycles. The molecular weight excluding hydrogens is 400 g/mol. The van der Waals surface area contributed by atoms with Gasteiger partial charge in [-0.3, -0.25) is 0 Å². The van der Waals surface area contributed by atoms with Crippen LogP contribution in [0.25, 0.3) is 53.2 Å². The van der Waals surface area contributed by atoms with Gasteiger partial charge in [-0.15, -0.1) is 11.3 Å². The van der Waals surface area contributed by atoms with Crippen LogP contribution in [-0.4, -0.2) is 5.11 Å². The first-order valence-electron chi connectivity index (χ1n) is 10.9. The summed E-state index contributed by atoms with van der Waals surface area (Å²) in [5.74, 6) is 1.03. The predicted molar refractivity (Wildman–Crippen MR) is 130 cm³/mol. The molecule has 3 heteroatoms. The van der Waals surface area contributed by atoms with E-state index in [4.69, 9.17) is 4.42 Å². The van der Waals surface area contributed by atoms with Crippen LogP contribution in [0.4, 0.5) is 0 Å². The van der Waals surface area contributed by atoms with Crippen LogP contribution in [0.1, 0.15) is 30.7 Å². The Balaban J connectivity index is 1.46. The molecule has 7 rings (SSSR count). The lowest BCUT2D eigenvalue weighted by Crippen LogP contribution is -2.08. The second-order valence-corrected chi connectivity index (χ2v) is 9.72. The highest BCUT2D eigenvalue weighted by Gasteiger charge is 2.21. The third-order valence-corrected chi connectivity index (χ3v) is 7.98. The summed E-state index contributed by atoms with van der Waals surface area (Å²) in [6.07, 6.45) is 3.89. The molecule has 1 aliphatic rings. The van der Waals surface area contributed by atoms with Crippen LogP contribution in [-0.2, 0) is 0 Å². The molecule has 150 valence electrons. The molecule has 0 aliphatic heterocycles. The molecule has 0 atom stereocenters. The highest BCUT2D eigenvalue weighted by atomic mass is 32.1. The van der Waals surface area contributed by atoms with Crippen LogP contribution in [0.2, 0.25) is 0 Å². The Bertz CT molecular complexity index is 1630. The highest BCUT2D eigenvalue weighted by molar-refractivity contribution is 7.25. The van der Waals surface area contributed by atoms with Crippen LogP contribution >= 0.6 is 11.3 Å². The van der Waals surface area contributed by atoms with Gasteiger partial charge in [-0.05, 0) is 60.2 Å². The zero-order valence-electron chi connectivity index (χ0n) is 16.9. The highest BCUT2D eigenvalue weighted by Crippen LogP contribution is 2.45. The molecule has 1 aliphatic carbocycles. The van der Waals surface area contributed by atoms with E-state index in [0.717, 1.165) is 43.2 Å². The average molecular weight is 421 g/mol. The van der Waals surface area contributed by atoms with Crippen molar-refractivity contribution < 1.29 is 9.52 Å². The van der Waals surface area contributed by atoms with Gasteiger partial charge in [-0.25, -0.2) is 0 Å². The lowest BCUT2D eigenvalue weighted by Gasteiger charge is -2.25. The number of benzene rings is 4. The summed E-state index contributed by atoms with van der Waals surface area (Å²) in [6, 6.07) is 25.3. The zero-order valence-corrected chi connectivity index (χ0v) is 17.7. The van der Waals surface area contributed by atoms with Crippen molar-refractivity contribution in [2.24, 2.45) is 0 Å². The molecule has 31 heavy (non-hydrogen) atoms. The van der Waals surface area contributed by atoms with E-state index < -0.39 is 0 Å². The van der Waals surface area contributed by atoms with Crippen molar-refractivity contribution in [1.82, 2.24) is 0 Å². The minimum Gasteiger partial charge on any atom is -0.507 e. The molecule has 2 nitrogen and oxygen atoms in total. The maximum Gasteiger partial charge on any atom is 0.143 e. The Morgan fingerprint density at radius 2 is 1.68 bits per heavy atom. The molecule has 0 amide bonds. The fraction of sp³-hybridized carbons (Fsp3) is 0.143. The van der Waals surface area contributed by atoms with Crippen molar-refractivity contribution in [2.75, 3.05) is 0 Å². The van der Waals surface area contributed by atoms with E-state index in [-0.39, 0.29) is 0 Å². The van der Waals surface area contributed by atoms with Gasteiger partial charge in [-0.2, -0.15) is 0 Å². The summed E-state index contributed by atoms with van der Waals surface area (Å²) in [5, 5.41) is 15.5. The van der Waals surface area contributed by atoms with Gasteiger partial charge in [0.2, 0.25) is 0 Å². The molecule has 1 fully saturated rings. The van der Waals surface area contributed by atoms with Gasteiger partial charge >= 0.3 is 0 Å². The minimum absolute atomic E-state index is 0.345. The first-order chi connectivity index (χ1) is 15.3. The lowest BCUT2D eigenvalue weighted by atomic mass is 9.80. The molecule has 0 radical (unpaired) electrons. The number of furan rings is 1. The molecule has 2 aromatic heterocycles. The van der Waals surface area contributed by atoms with Gasteiger partial charge < -0.3 is 9.52 Å². The number of hydrogen-bond acceptors (Lipinski definition) is 3. The molecule has 4 aromatic carbocycles. The minimum atomic E-state index is 0.345. The molecule has 0 bridgehead atoms. The number of rotatable bonds is 2. The second kappa shape index (κ2) is 6.35. The van der Waals surface area contributed by atoms with Crippen LogP contribution < -0.4 is 0 Å². The van der Waals surface area contributed by atoms with Crippen molar-refractivity contribution >= 4 is 53.4 Å². The normalized spacial score (nSPS) is 14.7. The second-order valence-electron chi connectivity index (χ2n) is 8.63. The monoisotopic (exact) mass is 420 g/mol. The third kappa shape index (κ3) is 2.50. The van der Waals surface area contributed by atoms with E-state index in [9.17, 15) is 5.11 Å². The first-order valence-corrected chi connectivity index (χ1v) is 11.7. The number of hydrogen-bond donors (Lipinski definition) is 1. The summed E-state index contributed by atoms with van der Waals surface area (Å²) < 4.78 is 8.58. The maximum absolute atomic E-state index is 11.1. The fourth-order valence-corrected chi connectivity index (χ4v) is 6.17. The third-order valence-electron chi connectivity index (χ3n) is 6.87. The van der Waals surface area contributed by atoms with Crippen LogP contribution in [0, 0.1) is 0 Å². The van der Waals surface area contributed by atoms with Crippen molar-refractivity contribution in [3.05, 3.63) is 78.4 Å². The number of phenolic OH excluding ortho intramolecular Hbond substituents is 1. The molecule has 2 heterocycles. The Morgan fingerprint density at radius 1 is 0.806 bits per heavy atom. The zero-order chi connectivity index (χ0) is 20.5. The summed E-state index contributed by atoms with van der Waals surface area (Å²) >= 11 is 1.75. The van der Waals surface area contributed by atoms with E-state index >= 15 is 0 Å². The largest absolute Gasteiger partial charge is 0.507 e. The van der Waals surface area contributed by atoms with Crippen molar-refractivity contribution in [1.29, 1.82) is 0 Å². The topological polar surface area (TPSA) is 33.4 Å². The Kier molecular flexibility index (Phi) is 3.56. The first kappa shape index (κ1) is 17.4. The van der Waals surface area contributed by atoms with E-state index in [1.54, 1.807) is 11.3 Å². The van der Waals surface area contributed by atoms with Gasteiger partial charge in [0.1, 0.15) is 16.9 Å². The van der Waals surface area contributed by atoms with Crippen molar-refractivity contribution in [3.63, 3.8) is 0 Å². The number of fused-ring (bicyclic) bond motifs is 6. The van der Waals surface area contributed by atoms with Crippen molar-refractivity contribution in [3.8, 4) is 16.9 Å². The Morgan fingerprint density at radius 3 is 2.55 bits per heavy atom. The number of para-hydroxylation sites is 2. The summed E-state index contributed by atoms with van der Waals surface area (Å²) in [7, 11) is 0. The van der Waals surface area contributed by atoms with Gasteiger partial charge in [0.05, 0.1) is 0 Å². The van der Waals surface area contributed by atoms with Gasteiger partial charge in [0.25, 0.3) is 0 Å². The fourth-order valence-electron chi connectivity index (χ4n) is 5.03. The molecule has 0 unspecified atom stereocenters. The molecule has 0 spiro atoms. The Labute approximate surface area is 183 Å². The van der Waals surface area contributed by atoms with E-state index in [2.05, 4.69) is 48.5 Å². The Hall–Kier alpha value is -3.30. The molecule has 6 aromatic rings. The van der Waals surface area contributed by atoms with Gasteiger partial charge in [0, 0.05) is 36.5 Å². The van der Waals surface area contributed by atoms with E-state index in [0.29, 0.717) is 11.7 Å². The van der Waals surface area contributed by atoms with Gasteiger partial charge in [-0.1, -0.05) is 48.9 Å². The van der Waals surface area contributed by atoms with Crippen molar-refractivity contribution in [2.45, 2.75) is 25.2 Å². The molecule has 1 saturated carbocycles. The standard InChI is InChI=1S/C28H20O2S/c29-23-14-18(19-8-4-9-21-20-7-1-2-10-24(20)30-28(19)21)15-26-27(23)22-13-17(16-5-3-6-16)11-12-25(22)31-26/h1-2,4,7-16,29H,3,5-6H2. The van der Waals surface area contributed by atoms with E-state index in [1.807, 2.05) is 24.3 Å². The smallest absolute Gasteiger partial charge is 0.143 e. The number of thiophene rings is 1. The number of phenols is 1. The summed E-state index contributed by atoms with van der Waals surface area (Å²) in [4.78, 5) is 0. The van der Waals surface area contributed by atoms with Gasteiger partial charge in [0.15, 0.2) is 0 Å². The van der Waals surface area contributed by atoms with Crippen LogP contribution in [0.15, 0.2) is 77.2 Å². The van der Waals surface area contributed by atoms with Crippen LogP contribution in [0.3, 0.4) is 0 Å². The number of aromatic hydroxyl groups is 1. The SMILES string of the molecule is Oc1cc(-c2cccc3c2oc2ccccc23)cc2sc3ccc(C4CCC4)cc3c12.